The zero-order valence-corrected chi connectivity index (χ0v) is 10.8. The molecule has 1 unspecified atom stereocenters. The Kier molecular flexibility index (Phi) is 4.29. The van der Waals surface area contributed by atoms with Crippen molar-refractivity contribution in [2.75, 3.05) is 18.6 Å². The molecule has 0 saturated carbocycles. The summed E-state index contributed by atoms with van der Waals surface area (Å²) in [5.41, 5.74) is 1.27. The molecule has 2 rings (SSSR count). The molecular weight excluding hydrogens is 230 g/mol. The van der Waals surface area contributed by atoms with Crippen LogP contribution in [0.4, 0.5) is 0 Å². The Morgan fingerprint density at radius 2 is 1.88 bits per heavy atom. The van der Waals surface area contributed by atoms with Crippen LogP contribution in [0, 0.1) is 0 Å². The first-order valence-electron chi connectivity index (χ1n) is 5.74. The minimum Gasteiger partial charge on any atom is -0.312 e. The van der Waals surface area contributed by atoms with Crippen molar-refractivity contribution in [2.45, 2.75) is 6.54 Å². The summed E-state index contributed by atoms with van der Waals surface area (Å²) in [7, 11) is -0.708. The molecule has 0 spiro atoms. The molecule has 17 heavy (non-hydrogen) atoms. The molecular formula is C14H17NOS. The van der Waals surface area contributed by atoms with Crippen LogP contribution in [-0.4, -0.2) is 22.8 Å². The first kappa shape index (κ1) is 12.3. The van der Waals surface area contributed by atoms with Crippen molar-refractivity contribution in [3.8, 4) is 0 Å². The quantitative estimate of drug-likeness (QED) is 0.822. The fraction of sp³-hybridized carbons (Fsp3) is 0.286. The van der Waals surface area contributed by atoms with Gasteiger partial charge >= 0.3 is 0 Å². The van der Waals surface area contributed by atoms with E-state index in [2.05, 4.69) is 47.8 Å². The fourth-order valence-electron chi connectivity index (χ4n) is 1.80. The zero-order chi connectivity index (χ0) is 12.1. The van der Waals surface area contributed by atoms with Crippen LogP contribution >= 0.6 is 0 Å². The van der Waals surface area contributed by atoms with E-state index in [1.807, 2.05) is 0 Å². The van der Waals surface area contributed by atoms with Gasteiger partial charge in [-0.05, 0) is 22.4 Å². The van der Waals surface area contributed by atoms with E-state index >= 15 is 0 Å². The monoisotopic (exact) mass is 247 g/mol. The van der Waals surface area contributed by atoms with Gasteiger partial charge in [-0.15, -0.1) is 0 Å². The third-order valence-corrected chi connectivity index (χ3v) is 3.49. The number of benzene rings is 2. The molecule has 0 heterocycles. The fourth-order valence-corrected chi connectivity index (χ4v) is 2.23. The Morgan fingerprint density at radius 3 is 2.65 bits per heavy atom. The van der Waals surface area contributed by atoms with Crippen LogP contribution in [0.2, 0.25) is 0 Å². The first-order valence-corrected chi connectivity index (χ1v) is 7.47. The molecule has 1 N–H and O–H groups in total. The number of hydrogen-bond acceptors (Lipinski definition) is 2. The Bertz CT molecular complexity index is 524. The van der Waals surface area contributed by atoms with E-state index in [9.17, 15) is 4.21 Å². The van der Waals surface area contributed by atoms with Crippen LogP contribution in [0.3, 0.4) is 0 Å². The van der Waals surface area contributed by atoms with Crippen LogP contribution in [0.15, 0.2) is 42.5 Å². The van der Waals surface area contributed by atoms with Gasteiger partial charge in [-0.3, -0.25) is 4.21 Å². The van der Waals surface area contributed by atoms with Gasteiger partial charge in [0.15, 0.2) is 0 Å². The number of nitrogens with one attached hydrogen (secondary N) is 1. The van der Waals surface area contributed by atoms with Gasteiger partial charge in [0.05, 0.1) is 0 Å². The van der Waals surface area contributed by atoms with E-state index in [1.54, 1.807) is 6.26 Å². The van der Waals surface area contributed by atoms with Crippen LogP contribution in [0.5, 0.6) is 0 Å². The predicted molar refractivity (Wildman–Crippen MR) is 74.6 cm³/mol. The molecule has 0 radical (unpaired) electrons. The van der Waals surface area contributed by atoms with Gasteiger partial charge < -0.3 is 5.32 Å². The molecule has 0 aliphatic carbocycles. The lowest BCUT2D eigenvalue weighted by molar-refractivity contribution is 0.677. The van der Waals surface area contributed by atoms with E-state index in [-0.39, 0.29) is 0 Å². The van der Waals surface area contributed by atoms with E-state index < -0.39 is 10.8 Å². The molecule has 2 aromatic carbocycles. The first-order chi connectivity index (χ1) is 8.25. The van der Waals surface area contributed by atoms with E-state index in [0.29, 0.717) is 5.75 Å². The molecule has 0 saturated heterocycles. The lowest BCUT2D eigenvalue weighted by Crippen LogP contribution is -2.19. The smallest absolute Gasteiger partial charge is 0.0357 e. The second-order valence-corrected chi connectivity index (χ2v) is 5.69. The summed E-state index contributed by atoms with van der Waals surface area (Å²) >= 11 is 0. The maximum atomic E-state index is 10.9. The third kappa shape index (κ3) is 3.65. The Labute approximate surface area is 104 Å². The molecule has 0 amide bonds. The van der Waals surface area contributed by atoms with Crippen molar-refractivity contribution in [3.63, 3.8) is 0 Å². The highest BCUT2D eigenvalue weighted by Crippen LogP contribution is 2.15. The van der Waals surface area contributed by atoms with E-state index in [1.165, 1.54) is 16.3 Å². The molecule has 0 aromatic heterocycles. The van der Waals surface area contributed by atoms with Crippen molar-refractivity contribution >= 4 is 21.6 Å². The molecule has 0 bridgehead atoms. The number of rotatable bonds is 5. The molecule has 0 fully saturated rings. The minimum atomic E-state index is -0.708. The minimum absolute atomic E-state index is 0.708. The van der Waals surface area contributed by atoms with Crippen LogP contribution in [0.1, 0.15) is 5.56 Å². The highest BCUT2D eigenvalue weighted by Gasteiger charge is 1.96. The number of fused-ring (bicyclic) bond motifs is 1. The average molecular weight is 247 g/mol. The summed E-state index contributed by atoms with van der Waals surface area (Å²) in [6.45, 7) is 1.64. The Hall–Kier alpha value is -1.19. The van der Waals surface area contributed by atoms with Gasteiger partial charge in [0, 0.05) is 35.9 Å². The van der Waals surface area contributed by atoms with Crippen LogP contribution in [0.25, 0.3) is 10.8 Å². The van der Waals surface area contributed by atoms with Crippen molar-refractivity contribution in [3.05, 3.63) is 48.0 Å². The normalized spacial score (nSPS) is 12.8. The highest BCUT2D eigenvalue weighted by molar-refractivity contribution is 7.84. The van der Waals surface area contributed by atoms with E-state index in [4.69, 9.17) is 0 Å². The third-order valence-electron chi connectivity index (χ3n) is 2.71. The summed E-state index contributed by atoms with van der Waals surface area (Å²) in [4.78, 5) is 0. The maximum absolute atomic E-state index is 10.9. The predicted octanol–water partition coefficient (Wildman–Crippen LogP) is 2.31. The summed E-state index contributed by atoms with van der Waals surface area (Å²) in [5.74, 6) is 0.716. The summed E-state index contributed by atoms with van der Waals surface area (Å²) in [6, 6.07) is 14.8. The summed E-state index contributed by atoms with van der Waals surface area (Å²) in [6.07, 6.45) is 1.73. The van der Waals surface area contributed by atoms with Crippen molar-refractivity contribution in [1.82, 2.24) is 5.32 Å². The summed E-state index contributed by atoms with van der Waals surface area (Å²) in [5, 5.41) is 5.84. The molecule has 2 aromatic rings. The van der Waals surface area contributed by atoms with Crippen molar-refractivity contribution in [2.24, 2.45) is 0 Å². The van der Waals surface area contributed by atoms with Gasteiger partial charge in [0.1, 0.15) is 0 Å². The zero-order valence-electron chi connectivity index (χ0n) is 9.98. The second-order valence-electron chi connectivity index (χ2n) is 4.14. The SMILES string of the molecule is CS(=O)CCNCc1ccc2ccccc2c1. The lowest BCUT2D eigenvalue weighted by Gasteiger charge is -2.05. The van der Waals surface area contributed by atoms with Gasteiger partial charge in [0.25, 0.3) is 0 Å². The maximum Gasteiger partial charge on any atom is 0.0357 e. The lowest BCUT2D eigenvalue weighted by atomic mass is 10.1. The highest BCUT2D eigenvalue weighted by atomic mass is 32.2. The standard InChI is InChI=1S/C14H17NOS/c1-17(16)9-8-15-11-12-6-7-13-4-2-3-5-14(13)10-12/h2-7,10,15H,8-9,11H2,1H3. The van der Waals surface area contributed by atoms with Crippen LogP contribution in [-0.2, 0) is 17.3 Å². The topological polar surface area (TPSA) is 29.1 Å². The Balaban J connectivity index is 1.97. The average Bonchev–Trinajstić information content (AvgIpc) is 2.34. The Morgan fingerprint density at radius 1 is 1.12 bits per heavy atom. The number of hydrogen-bond donors (Lipinski definition) is 1. The molecule has 3 heteroatoms. The molecule has 1 atom stereocenters. The van der Waals surface area contributed by atoms with E-state index in [0.717, 1.165) is 13.1 Å². The largest absolute Gasteiger partial charge is 0.312 e. The van der Waals surface area contributed by atoms with Gasteiger partial charge in [0.2, 0.25) is 0 Å². The summed E-state index contributed by atoms with van der Waals surface area (Å²) < 4.78 is 10.9. The van der Waals surface area contributed by atoms with Gasteiger partial charge in [-0.2, -0.15) is 0 Å². The van der Waals surface area contributed by atoms with Gasteiger partial charge in [-0.25, -0.2) is 0 Å². The molecule has 0 aliphatic heterocycles. The van der Waals surface area contributed by atoms with Crippen LogP contribution < -0.4 is 5.32 Å². The van der Waals surface area contributed by atoms with Gasteiger partial charge in [-0.1, -0.05) is 36.4 Å². The van der Waals surface area contributed by atoms with Crippen molar-refractivity contribution in [1.29, 1.82) is 0 Å². The molecule has 90 valence electrons. The van der Waals surface area contributed by atoms with Crippen molar-refractivity contribution < 1.29 is 4.21 Å². The molecule has 2 nitrogen and oxygen atoms in total. The second kappa shape index (κ2) is 5.94. The molecule has 0 aliphatic rings.